The van der Waals surface area contributed by atoms with Gasteiger partial charge in [-0.25, -0.2) is 4.57 Å². The number of para-hydroxylation sites is 1. The third kappa shape index (κ3) is 2.93. The Kier molecular flexibility index (Phi) is 4.51. The molecule has 0 unspecified atom stereocenters. The minimum atomic E-state index is 0.591. The molecule has 2 aromatic heterocycles. The summed E-state index contributed by atoms with van der Waals surface area (Å²) in [5.41, 5.74) is 8.12. The fourth-order valence-corrected chi connectivity index (χ4v) is 4.25. The number of aryl methyl sites for hydroxylation is 3. The van der Waals surface area contributed by atoms with Crippen LogP contribution in [0.25, 0.3) is 33.1 Å². The third-order valence-corrected chi connectivity index (χ3v) is 5.51. The second-order valence-electron chi connectivity index (χ2n) is 8.07. The van der Waals surface area contributed by atoms with Gasteiger partial charge in [-0.3, -0.25) is 0 Å². The Morgan fingerprint density at radius 1 is 1.00 bits per heavy atom. The molecule has 4 rings (SSSR count). The molecule has 0 spiro atoms. The van der Waals surface area contributed by atoms with E-state index in [1.807, 2.05) is 0 Å². The summed E-state index contributed by atoms with van der Waals surface area (Å²) in [6, 6.07) is 18.0. The third-order valence-electron chi connectivity index (χ3n) is 5.51. The summed E-state index contributed by atoms with van der Waals surface area (Å²) in [6.07, 6.45) is 3.21. The van der Waals surface area contributed by atoms with Gasteiger partial charge in [-0.15, -0.1) is 0 Å². The molecule has 0 saturated heterocycles. The van der Waals surface area contributed by atoms with Gasteiger partial charge in [-0.1, -0.05) is 51.1 Å². The zero-order chi connectivity index (χ0) is 19.1. The summed E-state index contributed by atoms with van der Waals surface area (Å²) in [5.74, 6) is 0.591. The van der Waals surface area contributed by atoms with Crippen LogP contribution in [0.5, 0.6) is 0 Å². The van der Waals surface area contributed by atoms with Crippen LogP contribution in [0, 0.1) is 12.8 Å². The molecule has 0 bridgehead atoms. The van der Waals surface area contributed by atoms with E-state index in [0.717, 1.165) is 13.0 Å². The first kappa shape index (κ1) is 17.8. The van der Waals surface area contributed by atoms with Crippen LogP contribution in [0.2, 0.25) is 0 Å². The fraction of sp³-hybridized carbons (Fsp3) is 0.320. The summed E-state index contributed by atoms with van der Waals surface area (Å²) in [6.45, 7) is 10.1. The maximum absolute atomic E-state index is 2.55. The Morgan fingerprint density at radius 3 is 2.52 bits per heavy atom. The van der Waals surface area contributed by atoms with Crippen LogP contribution in [-0.2, 0) is 20.0 Å². The van der Waals surface area contributed by atoms with Gasteiger partial charge in [0.15, 0.2) is 6.20 Å². The van der Waals surface area contributed by atoms with Crippen molar-refractivity contribution >= 4 is 21.8 Å². The van der Waals surface area contributed by atoms with Crippen molar-refractivity contribution in [2.45, 2.75) is 40.7 Å². The van der Waals surface area contributed by atoms with E-state index in [4.69, 9.17) is 0 Å². The van der Waals surface area contributed by atoms with E-state index >= 15 is 0 Å². The lowest BCUT2D eigenvalue weighted by atomic mass is 9.97. The monoisotopic (exact) mass is 357 g/mol. The van der Waals surface area contributed by atoms with Crippen LogP contribution in [-0.4, -0.2) is 4.57 Å². The molecule has 0 aliphatic rings. The SMILES string of the molecule is CCc1ccc2c3ccccc3n(CC(C)C)c2c1-c1cc(C)cc[n+]1C. The van der Waals surface area contributed by atoms with Crippen molar-refractivity contribution in [3.8, 4) is 11.3 Å². The highest BCUT2D eigenvalue weighted by Gasteiger charge is 2.22. The molecule has 0 saturated carbocycles. The lowest BCUT2D eigenvalue weighted by Crippen LogP contribution is -2.31. The number of hydrogen-bond donors (Lipinski definition) is 0. The molecule has 2 aromatic carbocycles. The Hall–Kier alpha value is -2.61. The highest BCUT2D eigenvalue weighted by atomic mass is 15.0. The Balaban J connectivity index is 2.21. The number of fused-ring (bicyclic) bond motifs is 3. The highest BCUT2D eigenvalue weighted by Crippen LogP contribution is 2.38. The zero-order valence-corrected chi connectivity index (χ0v) is 17.1. The molecule has 138 valence electrons. The summed E-state index contributed by atoms with van der Waals surface area (Å²) >= 11 is 0. The largest absolute Gasteiger partial charge is 0.340 e. The molecule has 0 amide bonds. The quantitative estimate of drug-likeness (QED) is 0.407. The summed E-state index contributed by atoms with van der Waals surface area (Å²) in [5, 5.41) is 2.72. The first-order valence-corrected chi connectivity index (χ1v) is 10.0. The maximum Gasteiger partial charge on any atom is 0.214 e. The van der Waals surface area contributed by atoms with Gasteiger partial charge in [0, 0.05) is 35.0 Å². The number of pyridine rings is 1. The van der Waals surface area contributed by atoms with Crippen LogP contribution in [0.15, 0.2) is 54.7 Å². The van der Waals surface area contributed by atoms with Crippen molar-refractivity contribution in [2.75, 3.05) is 0 Å². The number of rotatable bonds is 4. The van der Waals surface area contributed by atoms with Crippen LogP contribution in [0.4, 0.5) is 0 Å². The number of aromatic nitrogens is 2. The zero-order valence-electron chi connectivity index (χ0n) is 17.1. The standard InChI is InChI=1S/C25H29N2/c1-6-19-11-12-21-20-9-7-8-10-22(20)27(16-17(2)3)25(21)24(19)23-15-18(4)13-14-26(23)5/h7-15,17H,6,16H2,1-5H3/q+1. The van der Waals surface area contributed by atoms with E-state index in [-0.39, 0.29) is 0 Å². The first-order chi connectivity index (χ1) is 13.0. The molecule has 0 radical (unpaired) electrons. The maximum atomic E-state index is 2.55. The van der Waals surface area contributed by atoms with E-state index in [2.05, 4.69) is 98.6 Å². The second-order valence-corrected chi connectivity index (χ2v) is 8.07. The van der Waals surface area contributed by atoms with Crippen molar-refractivity contribution in [3.05, 3.63) is 65.9 Å². The van der Waals surface area contributed by atoms with Crippen molar-refractivity contribution in [2.24, 2.45) is 13.0 Å². The second kappa shape index (κ2) is 6.84. The molecule has 0 atom stereocenters. The molecule has 4 aromatic rings. The van der Waals surface area contributed by atoms with E-state index in [0.29, 0.717) is 5.92 Å². The number of nitrogens with zero attached hydrogens (tertiary/aromatic N) is 2. The van der Waals surface area contributed by atoms with Gasteiger partial charge >= 0.3 is 0 Å². The molecule has 2 heteroatoms. The lowest BCUT2D eigenvalue weighted by Gasteiger charge is -2.15. The van der Waals surface area contributed by atoms with Gasteiger partial charge in [-0.05, 0) is 36.5 Å². The van der Waals surface area contributed by atoms with Crippen molar-refractivity contribution in [1.82, 2.24) is 4.57 Å². The molecular formula is C25H29N2+. The average molecular weight is 358 g/mol. The topological polar surface area (TPSA) is 8.81 Å². The predicted molar refractivity (Wildman–Crippen MR) is 115 cm³/mol. The molecule has 0 aliphatic heterocycles. The summed E-state index contributed by atoms with van der Waals surface area (Å²) in [7, 11) is 2.16. The lowest BCUT2D eigenvalue weighted by molar-refractivity contribution is -0.660. The van der Waals surface area contributed by atoms with Crippen LogP contribution >= 0.6 is 0 Å². The summed E-state index contributed by atoms with van der Waals surface area (Å²) in [4.78, 5) is 0. The Bertz CT molecular complexity index is 1130. The van der Waals surface area contributed by atoms with Gasteiger partial charge in [0.2, 0.25) is 5.69 Å². The minimum absolute atomic E-state index is 0.591. The van der Waals surface area contributed by atoms with Crippen LogP contribution in [0.1, 0.15) is 31.9 Å². The number of benzene rings is 2. The van der Waals surface area contributed by atoms with E-state index in [1.54, 1.807) is 0 Å². The molecule has 0 aliphatic carbocycles. The van der Waals surface area contributed by atoms with E-state index in [1.165, 1.54) is 44.2 Å². The molecule has 0 fully saturated rings. The Morgan fingerprint density at radius 2 is 1.78 bits per heavy atom. The highest BCUT2D eigenvalue weighted by molar-refractivity contribution is 6.12. The van der Waals surface area contributed by atoms with E-state index < -0.39 is 0 Å². The molecular weight excluding hydrogens is 328 g/mol. The van der Waals surface area contributed by atoms with Gasteiger partial charge in [-0.2, -0.15) is 0 Å². The average Bonchev–Trinajstić information content (AvgIpc) is 2.97. The van der Waals surface area contributed by atoms with Gasteiger partial charge in [0.05, 0.1) is 11.1 Å². The minimum Gasteiger partial charge on any atom is -0.340 e. The van der Waals surface area contributed by atoms with Crippen LogP contribution in [0.3, 0.4) is 0 Å². The van der Waals surface area contributed by atoms with Crippen LogP contribution < -0.4 is 4.57 Å². The predicted octanol–water partition coefficient (Wildman–Crippen LogP) is 5.81. The van der Waals surface area contributed by atoms with Gasteiger partial charge in [0.1, 0.15) is 7.05 Å². The molecule has 27 heavy (non-hydrogen) atoms. The Labute approximate surface area is 162 Å². The molecule has 0 N–H and O–H groups in total. The number of hydrogen-bond acceptors (Lipinski definition) is 0. The molecule has 2 nitrogen and oxygen atoms in total. The van der Waals surface area contributed by atoms with Crippen molar-refractivity contribution in [1.29, 1.82) is 0 Å². The van der Waals surface area contributed by atoms with Crippen molar-refractivity contribution < 1.29 is 4.57 Å². The first-order valence-electron chi connectivity index (χ1n) is 10.0. The fourth-order valence-electron chi connectivity index (χ4n) is 4.25. The summed E-state index contributed by atoms with van der Waals surface area (Å²) < 4.78 is 4.81. The van der Waals surface area contributed by atoms with Crippen molar-refractivity contribution in [3.63, 3.8) is 0 Å². The van der Waals surface area contributed by atoms with Gasteiger partial charge < -0.3 is 4.57 Å². The molecule has 2 heterocycles. The van der Waals surface area contributed by atoms with Gasteiger partial charge in [0.25, 0.3) is 0 Å². The van der Waals surface area contributed by atoms with E-state index in [9.17, 15) is 0 Å². The normalized spacial score (nSPS) is 11.8. The smallest absolute Gasteiger partial charge is 0.214 e.